The lowest BCUT2D eigenvalue weighted by Gasteiger charge is -2.35. The maximum Gasteiger partial charge on any atom is 0.222 e. The van der Waals surface area contributed by atoms with Gasteiger partial charge < -0.3 is 10.0 Å². The molecule has 1 fully saturated rings. The van der Waals surface area contributed by atoms with Crippen molar-refractivity contribution in [3.8, 4) is 0 Å². The highest BCUT2D eigenvalue weighted by molar-refractivity contribution is 5.76. The second-order valence-corrected chi connectivity index (χ2v) is 7.25. The number of hydrogen-bond donors (Lipinski definition) is 1. The Hall–Kier alpha value is -0.570. The first-order valence-electron chi connectivity index (χ1n) is 7.15. The van der Waals surface area contributed by atoms with E-state index in [-0.39, 0.29) is 17.4 Å². The number of aliphatic hydroxyl groups excluding tert-OH is 1. The molecule has 0 radical (unpaired) electrons. The van der Waals surface area contributed by atoms with Crippen LogP contribution in [0.15, 0.2) is 0 Å². The SMILES string of the molecule is CC(CC(=O)N1CCC(C)C(O)C1)CC(C)(C)C. The molecule has 0 aromatic rings. The Kier molecular flexibility index (Phi) is 5.20. The summed E-state index contributed by atoms with van der Waals surface area (Å²) in [5.74, 6) is 0.938. The standard InChI is InChI=1S/C15H29NO2/c1-11(9-15(3,4)5)8-14(18)16-7-6-12(2)13(17)10-16/h11-13,17H,6-10H2,1-5H3. The molecule has 1 aliphatic rings. The number of hydrogen-bond acceptors (Lipinski definition) is 2. The van der Waals surface area contributed by atoms with Crippen LogP contribution in [0.3, 0.4) is 0 Å². The van der Waals surface area contributed by atoms with Gasteiger partial charge >= 0.3 is 0 Å². The number of likely N-dealkylation sites (tertiary alicyclic amines) is 1. The van der Waals surface area contributed by atoms with E-state index in [2.05, 4.69) is 34.6 Å². The number of carbonyl (C=O) groups is 1. The molecule has 0 spiro atoms. The Morgan fingerprint density at radius 3 is 2.56 bits per heavy atom. The van der Waals surface area contributed by atoms with E-state index < -0.39 is 0 Å². The molecule has 106 valence electrons. The van der Waals surface area contributed by atoms with Gasteiger partial charge in [-0.3, -0.25) is 4.79 Å². The fourth-order valence-corrected chi connectivity index (χ4v) is 2.82. The van der Waals surface area contributed by atoms with Crippen molar-refractivity contribution in [2.24, 2.45) is 17.3 Å². The van der Waals surface area contributed by atoms with E-state index in [9.17, 15) is 9.90 Å². The zero-order valence-electron chi connectivity index (χ0n) is 12.6. The maximum absolute atomic E-state index is 12.2. The van der Waals surface area contributed by atoms with Crippen LogP contribution in [0.1, 0.15) is 53.9 Å². The van der Waals surface area contributed by atoms with Crippen molar-refractivity contribution in [1.29, 1.82) is 0 Å². The average molecular weight is 255 g/mol. The van der Waals surface area contributed by atoms with Crippen LogP contribution in [0.2, 0.25) is 0 Å². The smallest absolute Gasteiger partial charge is 0.222 e. The Morgan fingerprint density at radius 2 is 2.06 bits per heavy atom. The molecule has 1 saturated heterocycles. The second-order valence-electron chi connectivity index (χ2n) is 7.25. The van der Waals surface area contributed by atoms with Crippen LogP contribution in [-0.2, 0) is 4.79 Å². The summed E-state index contributed by atoms with van der Waals surface area (Å²) in [7, 11) is 0. The number of nitrogens with zero attached hydrogens (tertiary/aromatic N) is 1. The van der Waals surface area contributed by atoms with Crippen molar-refractivity contribution < 1.29 is 9.90 Å². The van der Waals surface area contributed by atoms with Crippen molar-refractivity contribution in [2.75, 3.05) is 13.1 Å². The third-order valence-corrected chi connectivity index (χ3v) is 3.76. The van der Waals surface area contributed by atoms with Crippen molar-refractivity contribution in [2.45, 2.75) is 60.0 Å². The molecule has 0 aromatic carbocycles. The third kappa shape index (κ3) is 4.97. The Morgan fingerprint density at radius 1 is 1.44 bits per heavy atom. The van der Waals surface area contributed by atoms with E-state index in [0.717, 1.165) is 19.4 Å². The Bertz CT molecular complexity index is 283. The first kappa shape index (κ1) is 15.5. The minimum atomic E-state index is -0.347. The van der Waals surface area contributed by atoms with Gasteiger partial charge in [0, 0.05) is 19.5 Å². The number of β-amino-alcohol motifs (C(OH)–C–C–N with tert-alkyl or cyclic N) is 1. The van der Waals surface area contributed by atoms with Crippen molar-refractivity contribution >= 4 is 5.91 Å². The molecule has 0 aliphatic carbocycles. The van der Waals surface area contributed by atoms with Gasteiger partial charge in [0.15, 0.2) is 0 Å². The largest absolute Gasteiger partial charge is 0.391 e. The highest BCUT2D eigenvalue weighted by Crippen LogP contribution is 2.27. The molecule has 0 bridgehead atoms. The van der Waals surface area contributed by atoms with Crippen molar-refractivity contribution in [1.82, 2.24) is 4.90 Å². The monoisotopic (exact) mass is 255 g/mol. The van der Waals surface area contributed by atoms with E-state index in [1.54, 1.807) is 0 Å². The summed E-state index contributed by atoms with van der Waals surface area (Å²) in [6.45, 7) is 12.1. The summed E-state index contributed by atoms with van der Waals surface area (Å²) < 4.78 is 0. The molecule has 1 aliphatic heterocycles. The normalized spacial score (nSPS) is 27.1. The van der Waals surface area contributed by atoms with Crippen molar-refractivity contribution in [3.63, 3.8) is 0 Å². The van der Waals surface area contributed by atoms with Gasteiger partial charge in [-0.05, 0) is 30.1 Å². The molecule has 1 amide bonds. The summed E-state index contributed by atoms with van der Waals surface area (Å²) in [6.07, 6.45) is 2.24. The number of piperidine rings is 1. The van der Waals surface area contributed by atoms with Gasteiger partial charge in [0.1, 0.15) is 0 Å². The van der Waals surface area contributed by atoms with E-state index in [1.807, 2.05) is 4.90 Å². The summed E-state index contributed by atoms with van der Waals surface area (Å²) in [4.78, 5) is 14.0. The molecule has 3 heteroatoms. The molecule has 1 rings (SSSR count). The molecule has 3 unspecified atom stereocenters. The quantitative estimate of drug-likeness (QED) is 0.842. The van der Waals surface area contributed by atoms with E-state index in [4.69, 9.17) is 0 Å². The van der Waals surface area contributed by atoms with Crippen LogP contribution in [-0.4, -0.2) is 35.1 Å². The van der Waals surface area contributed by atoms with Gasteiger partial charge in [-0.1, -0.05) is 34.6 Å². The van der Waals surface area contributed by atoms with E-state index >= 15 is 0 Å². The molecular weight excluding hydrogens is 226 g/mol. The predicted octanol–water partition coefficient (Wildman–Crippen LogP) is 2.68. The number of carbonyl (C=O) groups excluding carboxylic acids is 1. The second kappa shape index (κ2) is 6.05. The lowest BCUT2D eigenvalue weighted by atomic mass is 9.84. The van der Waals surface area contributed by atoms with Gasteiger partial charge in [0.25, 0.3) is 0 Å². The molecule has 1 N–H and O–H groups in total. The maximum atomic E-state index is 12.2. The van der Waals surface area contributed by atoms with Gasteiger partial charge in [-0.2, -0.15) is 0 Å². The first-order chi connectivity index (χ1) is 8.19. The van der Waals surface area contributed by atoms with Crippen LogP contribution in [0.5, 0.6) is 0 Å². The van der Waals surface area contributed by atoms with Crippen molar-refractivity contribution in [3.05, 3.63) is 0 Å². The minimum Gasteiger partial charge on any atom is -0.391 e. The molecule has 3 nitrogen and oxygen atoms in total. The lowest BCUT2D eigenvalue weighted by molar-refractivity contribution is -0.136. The summed E-state index contributed by atoms with van der Waals surface area (Å²) in [5, 5.41) is 9.82. The van der Waals surface area contributed by atoms with Crippen LogP contribution in [0, 0.1) is 17.3 Å². The highest BCUT2D eigenvalue weighted by atomic mass is 16.3. The summed E-state index contributed by atoms with van der Waals surface area (Å²) in [6, 6.07) is 0. The molecule has 0 aromatic heterocycles. The molecular formula is C15H29NO2. The third-order valence-electron chi connectivity index (χ3n) is 3.76. The Labute approximate surface area is 112 Å². The number of aliphatic hydroxyl groups is 1. The fourth-order valence-electron chi connectivity index (χ4n) is 2.82. The van der Waals surface area contributed by atoms with Crippen LogP contribution >= 0.6 is 0 Å². The Balaban J connectivity index is 2.41. The van der Waals surface area contributed by atoms with Gasteiger partial charge in [-0.25, -0.2) is 0 Å². The first-order valence-corrected chi connectivity index (χ1v) is 7.15. The molecule has 3 atom stereocenters. The average Bonchev–Trinajstić information content (AvgIpc) is 2.18. The van der Waals surface area contributed by atoms with Gasteiger partial charge in [0.05, 0.1) is 6.10 Å². The van der Waals surface area contributed by atoms with Crippen LogP contribution in [0.25, 0.3) is 0 Å². The zero-order chi connectivity index (χ0) is 13.9. The minimum absolute atomic E-state index is 0.206. The number of amides is 1. The molecule has 1 heterocycles. The fraction of sp³-hybridized carbons (Fsp3) is 0.933. The highest BCUT2D eigenvalue weighted by Gasteiger charge is 2.28. The topological polar surface area (TPSA) is 40.5 Å². The van der Waals surface area contributed by atoms with Gasteiger partial charge in [-0.15, -0.1) is 0 Å². The van der Waals surface area contributed by atoms with Crippen LogP contribution in [0.4, 0.5) is 0 Å². The predicted molar refractivity (Wildman–Crippen MR) is 74.2 cm³/mol. The molecule has 18 heavy (non-hydrogen) atoms. The lowest BCUT2D eigenvalue weighted by Crippen LogP contribution is -2.46. The van der Waals surface area contributed by atoms with Gasteiger partial charge in [0.2, 0.25) is 5.91 Å². The zero-order valence-corrected chi connectivity index (χ0v) is 12.6. The summed E-state index contributed by atoms with van der Waals surface area (Å²) >= 11 is 0. The van der Waals surface area contributed by atoms with E-state index in [0.29, 0.717) is 24.8 Å². The summed E-state index contributed by atoms with van der Waals surface area (Å²) in [5.41, 5.74) is 0.273. The van der Waals surface area contributed by atoms with Crippen LogP contribution < -0.4 is 0 Å². The molecule has 0 saturated carbocycles. The number of rotatable bonds is 3. The van der Waals surface area contributed by atoms with E-state index in [1.165, 1.54) is 0 Å².